The van der Waals surface area contributed by atoms with Crippen molar-refractivity contribution in [3.05, 3.63) is 23.4 Å². The molecule has 114 valence electrons. The van der Waals surface area contributed by atoms with Crippen molar-refractivity contribution in [3.8, 4) is 11.9 Å². The molecule has 0 radical (unpaired) electrons. The van der Waals surface area contributed by atoms with Gasteiger partial charge >= 0.3 is 6.18 Å². The number of nitrogens with zero attached hydrogens (tertiary/aromatic N) is 2. The number of nitriles is 1. The lowest BCUT2D eigenvalue weighted by molar-refractivity contribution is -0.141. The van der Waals surface area contributed by atoms with Crippen molar-refractivity contribution in [2.45, 2.75) is 37.9 Å². The number of aromatic nitrogens is 1. The van der Waals surface area contributed by atoms with Crippen molar-refractivity contribution < 1.29 is 17.9 Å². The molecule has 1 aliphatic heterocycles. The van der Waals surface area contributed by atoms with E-state index < -0.39 is 11.9 Å². The molecule has 2 heterocycles. The van der Waals surface area contributed by atoms with Crippen LogP contribution in [0.3, 0.4) is 0 Å². The Morgan fingerprint density at radius 1 is 1.38 bits per heavy atom. The molecule has 1 atom stereocenters. The molecule has 0 spiro atoms. The first-order valence-electron chi connectivity index (χ1n) is 6.85. The number of hydrogen-bond donors (Lipinski definition) is 1. The minimum absolute atomic E-state index is 0.0135. The Bertz CT molecular complexity index is 519. The van der Waals surface area contributed by atoms with E-state index in [1.54, 1.807) is 6.07 Å². The maximum Gasteiger partial charge on any atom is 0.433 e. The van der Waals surface area contributed by atoms with Gasteiger partial charge in [-0.1, -0.05) is 6.42 Å². The van der Waals surface area contributed by atoms with Crippen LogP contribution >= 0.6 is 0 Å². The molecule has 21 heavy (non-hydrogen) atoms. The second-order valence-corrected chi connectivity index (χ2v) is 4.94. The van der Waals surface area contributed by atoms with Crippen LogP contribution in [-0.4, -0.2) is 24.2 Å². The van der Waals surface area contributed by atoms with Gasteiger partial charge in [-0.05, 0) is 37.9 Å². The van der Waals surface area contributed by atoms with Crippen LogP contribution in [0.5, 0.6) is 5.88 Å². The average Bonchev–Trinajstić information content (AvgIpc) is 2.47. The maximum atomic E-state index is 12.6. The molecule has 1 unspecified atom stereocenters. The van der Waals surface area contributed by atoms with Gasteiger partial charge in [0.1, 0.15) is 17.3 Å². The van der Waals surface area contributed by atoms with Crippen LogP contribution in [-0.2, 0) is 6.18 Å². The number of halogens is 3. The van der Waals surface area contributed by atoms with Gasteiger partial charge < -0.3 is 10.1 Å². The molecule has 1 fully saturated rings. The zero-order valence-corrected chi connectivity index (χ0v) is 11.4. The molecule has 2 rings (SSSR count). The smallest absolute Gasteiger partial charge is 0.433 e. The summed E-state index contributed by atoms with van der Waals surface area (Å²) in [6, 6.07) is 3.98. The number of pyridine rings is 1. The molecule has 7 heteroatoms. The summed E-state index contributed by atoms with van der Waals surface area (Å²) in [5, 5.41) is 12.2. The number of piperidine rings is 1. The minimum atomic E-state index is -4.54. The number of rotatable bonds is 4. The van der Waals surface area contributed by atoms with Gasteiger partial charge in [-0.2, -0.15) is 18.4 Å². The van der Waals surface area contributed by atoms with Gasteiger partial charge in [0, 0.05) is 6.04 Å². The highest BCUT2D eigenvalue weighted by molar-refractivity contribution is 5.39. The molecule has 0 saturated carbocycles. The second-order valence-electron chi connectivity index (χ2n) is 4.94. The Balaban J connectivity index is 1.99. The minimum Gasteiger partial charge on any atom is -0.477 e. The van der Waals surface area contributed by atoms with E-state index in [1.807, 2.05) is 0 Å². The van der Waals surface area contributed by atoms with Crippen molar-refractivity contribution in [1.29, 1.82) is 5.26 Å². The SMILES string of the molecule is N#Cc1ccc(C(F)(F)F)nc1OCCC1CCCCN1. The Morgan fingerprint density at radius 3 is 2.81 bits per heavy atom. The highest BCUT2D eigenvalue weighted by atomic mass is 19.4. The van der Waals surface area contributed by atoms with Crippen molar-refractivity contribution in [3.63, 3.8) is 0 Å². The van der Waals surface area contributed by atoms with Crippen molar-refractivity contribution in [2.75, 3.05) is 13.2 Å². The average molecular weight is 299 g/mol. The van der Waals surface area contributed by atoms with Crippen LogP contribution in [0, 0.1) is 11.3 Å². The molecular weight excluding hydrogens is 283 g/mol. The van der Waals surface area contributed by atoms with Gasteiger partial charge in [0.25, 0.3) is 0 Å². The monoisotopic (exact) mass is 299 g/mol. The predicted molar refractivity (Wildman–Crippen MR) is 69.7 cm³/mol. The third-order valence-corrected chi connectivity index (χ3v) is 3.39. The fourth-order valence-electron chi connectivity index (χ4n) is 2.26. The summed E-state index contributed by atoms with van der Waals surface area (Å²) >= 11 is 0. The van der Waals surface area contributed by atoms with Crippen molar-refractivity contribution >= 4 is 0 Å². The zero-order chi connectivity index (χ0) is 15.3. The third-order valence-electron chi connectivity index (χ3n) is 3.39. The van der Waals surface area contributed by atoms with Gasteiger partial charge in [-0.15, -0.1) is 0 Å². The highest BCUT2D eigenvalue weighted by Gasteiger charge is 2.33. The molecule has 1 aliphatic rings. The van der Waals surface area contributed by atoms with Crippen LogP contribution < -0.4 is 10.1 Å². The van der Waals surface area contributed by atoms with E-state index in [-0.39, 0.29) is 18.1 Å². The van der Waals surface area contributed by atoms with Crippen LogP contribution in [0.15, 0.2) is 12.1 Å². The summed E-state index contributed by atoms with van der Waals surface area (Å²) < 4.78 is 43.1. The Hall–Kier alpha value is -1.81. The summed E-state index contributed by atoms with van der Waals surface area (Å²) in [6.07, 6.45) is -0.543. The molecule has 1 aromatic heterocycles. The summed E-state index contributed by atoms with van der Waals surface area (Å²) in [5.41, 5.74) is -1.04. The molecule has 1 N–H and O–H groups in total. The van der Waals surface area contributed by atoms with Crippen LogP contribution in [0.4, 0.5) is 13.2 Å². The van der Waals surface area contributed by atoms with Gasteiger partial charge in [0.2, 0.25) is 5.88 Å². The van der Waals surface area contributed by atoms with E-state index in [1.165, 1.54) is 0 Å². The fraction of sp³-hybridized carbons (Fsp3) is 0.571. The quantitative estimate of drug-likeness (QED) is 0.928. The first-order chi connectivity index (χ1) is 10.0. The lowest BCUT2D eigenvalue weighted by Crippen LogP contribution is -2.35. The number of alkyl halides is 3. The molecule has 0 aliphatic carbocycles. The standard InChI is InChI=1S/C14H16F3N3O/c15-14(16,17)12-5-4-10(9-18)13(20-12)21-8-6-11-3-1-2-7-19-11/h4-5,11,19H,1-3,6-8H2. The predicted octanol–water partition coefficient (Wildman–Crippen LogP) is 2.88. The molecule has 0 bridgehead atoms. The first kappa shape index (κ1) is 15.6. The van der Waals surface area contributed by atoms with E-state index in [0.29, 0.717) is 12.5 Å². The molecule has 4 nitrogen and oxygen atoms in total. The topological polar surface area (TPSA) is 57.9 Å². The number of nitrogens with one attached hydrogen (secondary N) is 1. The summed E-state index contributed by atoms with van der Waals surface area (Å²) in [6.45, 7) is 1.19. The summed E-state index contributed by atoms with van der Waals surface area (Å²) in [4.78, 5) is 3.41. The van der Waals surface area contributed by atoms with E-state index in [2.05, 4.69) is 10.3 Å². The van der Waals surface area contributed by atoms with Gasteiger partial charge in [-0.3, -0.25) is 0 Å². The lowest BCUT2D eigenvalue weighted by Gasteiger charge is -2.23. The van der Waals surface area contributed by atoms with Crippen LogP contribution in [0.1, 0.15) is 36.9 Å². The van der Waals surface area contributed by atoms with Crippen molar-refractivity contribution in [2.24, 2.45) is 0 Å². The molecule has 1 aromatic rings. The van der Waals surface area contributed by atoms with E-state index in [0.717, 1.165) is 37.9 Å². The van der Waals surface area contributed by atoms with E-state index in [4.69, 9.17) is 10.00 Å². The van der Waals surface area contributed by atoms with Gasteiger partial charge in [0.05, 0.1) is 6.61 Å². The normalized spacial score (nSPS) is 19.0. The summed E-state index contributed by atoms with van der Waals surface area (Å²) in [7, 11) is 0. The van der Waals surface area contributed by atoms with Crippen molar-refractivity contribution in [1.82, 2.24) is 10.3 Å². The third kappa shape index (κ3) is 4.33. The summed E-state index contributed by atoms with van der Waals surface area (Å²) in [5.74, 6) is -0.247. The maximum absolute atomic E-state index is 12.6. The second kappa shape index (κ2) is 6.76. The van der Waals surface area contributed by atoms with Gasteiger partial charge in [0.15, 0.2) is 0 Å². The Morgan fingerprint density at radius 2 is 2.19 bits per heavy atom. The highest BCUT2D eigenvalue weighted by Crippen LogP contribution is 2.30. The Labute approximate surface area is 120 Å². The number of ether oxygens (including phenoxy) is 1. The molecular formula is C14H16F3N3O. The molecule has 0 aromatic carbocycles. The van der Waals surface area contributed by atoms with E-state index in [9.17, 15) is 13.2 Å². The fourth-order valence-corrected chi connectivity index (χ4v) is 2.26. The largest absolute Gasteiger partial charge is 0.477 e. The van der Waals surface area contributed by atoms with E-state index >= 15 is 0 Å². The lowest BCUT2D eigenvalue weighted by atomic mass is 10.0. The Kier molecular flexibility index (Phi) is 5.02. The number of hydrogen-bond acceptors (Lipinski definition) is 4. The first-order valence-corrected chi connectivity index (χ1v) is 6.85. The molecule has 1 saturated heterocycles. The molecule has 0 amide bonds. The van der Waals surface area contributed by atoms with Gasteiger partial charge in [-0.25, -0.2) is 4.98 Å². The van der Waals surface area contributed by atoms with Crippen LogP contribution in [0.25, 0.3) is 0 Å². The van der Waals surface area contributed by atoms with Crippen LogP contribution in [0.2, 0.25) is 0 Å². The zero-order valence-electron chi connectivity index (χ0n) is 11.4.